The Kier molecular flexibility index (Phi) is 4.00. The smallest absolute Gasteiger partial charge is 0.343 e. The van der Waals surface area contributed by atoms with Gasteiger partial charge in [0.15, 0.2) is 5.65 Å². The van der Waals surface area contributed by atoms with Crippen LogP contribution >= 0.6 is 0 Å². The van der Waals surface area contributed by atoms with Crippen LogP contribution in [0.4, 0.5) is 8.78 Å². The van der Waals surface area contributed by atoms with E-state index in [1.165, 1.54) is 12.3 Å². The molecule has 0 fully saturated rings. The van der Waals surface area contributed by atoms with Crippen LogP contribution in [0, 0.1) is 6.92 Å². The summed E-state index contributed by atoms with van der Waals surface area (Å²) in [5.41, 5.74) is 1.40. The molecule has 3 rings (SSSR count). The van der Waals surface area contributed by atoms with Gasteiger partial charge in [0, 0.05) is 18.3 Å². The molecular formula is C15H15F2N5O2. The lowest BCUT2D eigenvalue weighted by Gasteiger charge is -2.08. The minimum Gasteiger partial charge on any atom is -0.462 e. The largest absolute Gasteiger partial charge is 0.462 e. The number of carbonyl (C=O) groups is 1. The lowest BCUT2D eigenvalue weighted by molar-refractivity contribution is 0.0528. The van der Waals surface area contributed by atoms with Gasteiger partial charge < -0.3 is 4.74 Å². The Morgan fingerprint density at radius 2 is 2.08 bits per heavy atom. The number of rotatable bonds is 4. The first-order valence-electron chi connectivity index (χ1n) is 7.27. The zero-order chi connectivity index (χ0) is 17.4. The molecule has 0 bridgehead atoms. The average Bonchev–Trinajstić information content (AvgIpc) is 3.11. The number of halogens is 2. The second kappa shape index (κ2) is 5.99. The summed E-state index contributed by atoms with van der Waals surface area (Å²) in [6.45, 7) is 3.63. The number of aryl methyl sites for hydroxylation is 1. The van der Waals surface area contributed by atoms with E-state index in [0.29, 0.717) is 11.3 Å². The van der Waals surface area contributed by atoms with Crippen LogP contribution in [0.25, 0.3) is 16.9 Å². The maximum Gasteiger partial charge on any atom is 0.343 e. The highest BCUT2D eigenvalue weighted by Crippen LogP contribution is 2.28. The topological polar surface area (TPSA) is 74.3 Å². The summed E-state index contributed by atoms with van der Waals surface area (Å²) in [5, 5.41) is 7.95. The van der Waals surface area contributed by atoms with Gasteiger partial charge in [-0.3, -0.25) is 4.68 Å². The molecule has 9 heteroatoms. The van der Waals surface area contributed by atoms with Crippen molar-refractivity contribution < 1.29 is 18.3 Å². The molecule has 0 spiro atoms. The van der Waals surface area contributed by atoms with E-state index in [1.54, 1.807) is 31.8 Å². The Hall–Kier alpha value is -2.84. The quantitative estimate of drug-likeness (QED) is 0.685. The van der Waals surface area contributed by atoms with Crippen molar-refractivity contribution in [2.75, 3.05) is 6.61 Å². The molecule has 3 aromatic rings. The summed E-state index contributed by atoms with van der Waals surface area (Å²) in [4.78, 5) is 16.3. The molecule has 3 heterocycles. The van der Waals surface area contributed by atoms with E-state index in [-0.39, 0.29) is 23.5 Å². The molecule has 0 radical (unpaired) electrons. The van der Waals surface area contributed by atoms with Gasteiger partial charge in [0.25, 0.3) is 6.43 Å². The fraction of sp³-hybridized carbons (Fsp3) is 0.333. The average molecular weight is 335 g/mol. The van der Waals surface area contributed by atoms with Gasteiger partial charge in [-0.25, -0.2) is 23.1 Å². The maximum atomic E-state index is 13.4. The molecule has 0 N–H and O–H groups in total. The molecular weight excluding hydrogens is 320 g/mol. The molecule has 0 aliphatic carbocycles. The second-order valence-electron chi connectivity index (χ2n) is 5.15. The fourth-order valence-electron chi connectivity index (χ4n) is 2.38. The van der Waals surface area contributed by atoms with Crippen molar-refractivity contribution in [1.29, 1.82) is 0 Å². The molecule has 0 atom stereocenters. The van der Waals surface area contributed by atoms with Crippen LogP contribution in [-0.2, 0) is 11.8 Å². The zero-order valence-corrected chi connectivity index (χ0v) is 13.3. The van der Waals surface area contributed by atoms with Crippen molar-refractivity contribution in [2.24, 2.45) is 7.05 Å². The predicted octanol–water partition coefficient (Wildman–Crippen LogP) is 2.55. The molecule has 0 saturated carbocycles. The summed E-state index contributed by atoms with van der Waals surface area (Å²) in [6.07, 6.45) is -0.0446. The molecule has 24 heavy (non-hydrogen) atoms. The van der Waals surface area contributed by atoms with Crippen molar-refractivity contribution in [3.63, 3.8) is 0 Å². The van der Waals surface area contributed by atoms with Gasteiger partial charge in [-0.2, -0.15) is 10.2 Å². The SMILES string of the molecule is CCOC(=O)c1cnn2c(C(F)F)cc(-c3cnn(C)c3C)nc12. The first kappa shape index (κ1) is 16.0. The van der Waals surface area contributed by atoms with Crippen LogP contribution in [0.15, 0.2) is 18.5 Å². The number of hydrogen-bond acceptors (Lipinski definition) is 5. The molecule has 0 aliphatic rings. The number of carbonyl (C=O) groups excluding carboxylic acids is 1. The molecule has 0 aliphatic heterocycles. The van der Waals surface area contributed by atoms with E-state index in [4.69, 9.17) is 4.74 Å². The van der Waals surface area contributed by atoms with Crippen LogP contribution in [0.2, 0.25) is 0 Å². The third kappa shape index (κ3) is 2.51. The highest BCUT2D eigenvalue weighted by Gasteiger charge is 2.23. The van der Waals surface area contributed by atoms with Crippen LogP contribution in [0.5, 0.6) is 0 Å². The number of ether oxygens (including phenoxy) is 1. The monoisotopic (exact) mass is 335 g/mol. The third-order valence-corrected chi connectivity index (χ3v) is 3.73. The Bertz CT molecular complexity index is 916. The van der Waals surface area contributed by atoms with Gasteiger partial charge in [0.1, 0.15) is 11.3 Å². The van der Waals surface area contributed by atoms with Crippen LogP contribution < -0.4 is 0 Å². The zero-order valence-electron chi connectivity index (χ0n) is 13.3. The third-order valence-electron chi connectivity index (χ3n) is 3.73. The molecule has 0 saturated heterocycles. The van der Waals surface area contributed by atoms with E-state index < -0.39 is 12.4 Å². The summed E-state index contributed by atoms with van der Waals surface area (Å²) in [7, 11) is 1.74. The highest BCUT2D eigenvalue weighted by atomic mass is 19.3. The molecule has 0 unspecified atom stereocenters. The first-order chi connectivity index (χ1) is 11.4. The van der Waals surface area contributed by atoms with Crippen LogP contribution in [-0.4, -0.2) is 37.0 Å². The van der Waals surface area contributed by atoms with E-state index in [1.807, 2.05) is 0 Å². The van der Waals surface area contributed by atoms with Crippen LogP contribution in [0.3, 0.4) is 0 Å². The summed E-state index contributed by atoms with van der Waals surface area (Å²) in [5.74, 6) is -0.653. The fourth-order valence-corrected chi connectivity index (χ4v) is 2.38. The minimum atomic E-state index is -2.78. The Morgan fingerprint density at radius 3 is 2.67 bits per heavy atom. The van der Waals surface area contributed by atoms with E-state index in [2.05, 4.69) is 15.2 Å². The Morgan fingerprint density at radius 1 is 1.33 bits per heavy atom. The van der Waals surface area contributed by atoms with Gasteiger partial charge >= 0.3 is 5.97 Å². The van der Waals surface area contributed by atoms with E-state index in [9.17, 15) is 13.6 Å². The van der Waals surface area contributed by atoms with Gasteiger partial charge in [-0.1, -0.05) is 0 Å². The van der Waals surface area contributed by atoms with Gasteiger partial charge in [0.05, 0.1) is 24.7 Å². The van der Waals surface area contributed by atoms with Crippen molar-refractivity contribution >= 4 is 11.6 Å². The van der Waals surface area contributed by atoms with Gasteiger partial charge in [0.2, 0.25) is 0 Å². The maximum absolute atomic E-state index is 13.4. The molecule has 0 amide bonds. The van der Waals surface area contributed by atoms with Crippen molar-refractivity contribution in [3.8, 4) is 11.3 Å². The lowest BCUT2D eigenvalue weighted by Crippen LogP contribution is -2.07. The van der Waals surface area contributed by atoms with Crippen molar-refractivity contribution in [3.05, 3.63) is 35.4 Å². The van der Waals surface area contributed by atoms with E-state index >= 15 is 0 Å². The number of nitrogens with zero attached hydrogens (tertiary/aromatic N) is 5. The van der Waals surface area contributed by atoms with Crippen molar-refractivity contribution in [2.45, 2.75) is 20.3 Å². The van der Waals surface area contributed by atoms with E-state index in [0.717, 1.165) is 10.2 Å². The van der Waals surface area contributed by atoms with Crippen molar-refractivity contribution in [1.82, 2.24) is 24.4 Å². The minimum absolute atomic E-state index is 0.0319. The van der Waals surface area contributed by atoms with Crippen LogP contribution in [0.1, 0.15) is 35.1 Å². The normalized spacial score (nSPS) is 11.4. The van der Waals surface area contributed by atoms with Gasteiger partial charge in [-0.05, 0) is 19.9 Å². The summed E-state index contributed by atoms with van der Waals surface area (Å²) < 4.78 is 34.4. The summed E-state index contributed by atoms with van der Waals surface area (Å²) >= 11 is 0. The number of alkyl halides is 2. The second-order valence-corrected chi connectivity index (χ2v) is 5.15. The number of esters is 1. The number of hydrogen-bond donors (Lipinski definition) is 0. The first-order valence-corrected chi connectivity index (χ1v) is 7.27. The number of fused-ring (bicyclic) bond motifs is 1. The Balaban J connectivity index is 2.26. The summed E-state index contributed by atoms with van der Waals surface area (Å²) in [6, 6.07) is 1.25. The Labute approximate surface area is 135 Å². The molecule has 0 aromatic carbocycles. The highest BCUT2D eigenvalue weighted by molar-refractivity contribution is 5.96. The molecule has 126 valence electrons. The number of aromatic nitrogens is 5. The molecule has 7 nitrogen and oxygen atoms in total. The van der Waals surface area contributed by atoms with Gasteiger partial charge in [-0.15, -0.1) is 0 Å². The standard InChI is InChI=1S/C15H15F2N5O2/c1-4-24-15(23)10-7-19-22-12(13(16)17)5-11(20-14(10)22)9-6-18-21(3)8(9)2/h5-7,13H,4H2,1-3H3. The predicted molar refractivity (Wildman–Crippen MR) is 80.8 cm³/mol. The molecule has 3 aromatic heterocycles. The lowest BCUT2D eigenvalue weighted by atomic mass is 10.1.